The van der Waals surface area contributed by atoms with Crippen molar-refractivity contribution >= 4 is 5.91 Å². The van der Waals surface area contributed by atoms with Gasteiger partial charge in [-0.1, -0.05) is 5.21 Å². The van der Waals surface area contributed by atoms with E-state index in [2.05, 4.69) is 10.3 Å². The Kier molecular flexibility index (Phi) is 5.06. The molecule has 0 saturated carbocycles. The Bertz CT molecular complexity index is 724. The van der Waals surface area contributed by atoms with Gasteiger partial charge in [0.15, 0.2) is 11.5 Å². The Morgan fingerprint density at radius 1 is 1.08 bits per heavy atom. The number of carbonyl (C=O) groups is 1. The van der Waals surface area contributed by atoms with E-state index in [1.165, 1.54) is 14.2 Å². The Hall–Kier alpha value is -2.77. The summed E-state index contributed by atoms with van der Waals surface area (Å²) in [6.45, 7) is 1.31. The molecule has 0 atom stereocenters. The van der Waals surface area contributed by atoms with Crippen molar-refractivity contribution < 1.29 is 19.0 Å². The standard InChI is InChI=1S/C17H22N4O4/c1-23-14-5-4-13(15(24-2)16(14)25-3)17(22)20-9-6-12(7-10-20)21-11-8-18-19-21/h4-5,8,11-12H,6-7,9-10H2,1-3H3. The van der Waals surface area contributed by atoms with Crippen LogP contribution in [0.15, 0.2) is 24.5 Å². The summed E-state index contributed by atoms with van der Waals surface area (Å²) in [5.41, 5.74) is 0.472. The first-order chi connectivity index (χ1) is 12.2. The Morgan fingerprint density at radius 3 is 2.36 bits per heavy atom. The normalized spacial score (nSPS) is 15.1. The number of piperidine rings is 1. The van der Waals surface area contributed by atoms with E-state index in [0.717, 1.165) is 12.8 Å². The summed E-state index contributed by atoms with van der Waals surface area (Å²) < 4.78 is 17.9. The van der Waals surface area contributed by atoms with E-state index in [0.29, 0.717) is 35.9 Å². The van der Waals surface area contributed by atoms with Gasteiger partial charge >= 0.3 is 0 Å². The van der Waals surface area contributed by atoms with Crippen molar-refractivity contribution in [2.45, 2.75) is 18.9 Å². The van der Waals surface area contributed by atoms with Gasteiger partial charge in [-0.2, -0.15) is 0 Å². The second-order valence-electron chi connectivity index (χ2n) is 5.79. The molecule has 8 nitrogen and oxygen atoms in total. The topological polar surface area (TPSA) is 78.7 Å². The highest BCUT2D eigenvalue weighted by atomic mass is 16.5. The number of methoxy groups -OCH3 is 3. The zero-order valence-corrected chi connectivity index (χ0v) is 14.6. The van der Waals surface area contributed by atoms with Crippen molar-refractivity contribution in [3.8, 4) is 17.2 Å². The molecule has 1 amide bonds. The highest BCUT2D eigenvalue weighted by molar-refractivity contribution is 5.98. The first kappa shape index (κ1) is 17.1. The molecule has 25 heavy (non-hydrogen) atoms. The molecule has 1 fully saturated rings. The van der Waals surface area contributed by atoms with Gasteiger partial charge in [0, 0.05) is 19.3 Å². The third-order valence-corrected chi connectivity index (χ3v) is 4.50. The van der Waals surface area contributed by atoms with Gasteiger partial charge in [-0.3, -0.25) is 4.79 Å². The average molecular weight is 346 g/mol. The van der Waals surface area contributed by atoms with Crippen LogP contribution in [0.5, 0.6) is 17.2 Å². The fourth-order valence-electron chi connectivity index (χ4n) is 3.19. The smallest absolute Gasteiger partial charge is 0.257 e. The average Bonchev–Trinajstić information content (AvgIpc) is 3.21. The van der Waals surface area contributed by atoms with Gasteiger partial charge in [0.2, 0.25) is 5.75 Å². The summed E-state index contributed by atoms with van der Waals surface area (Å²) in [5, 5.41) is 7.90. The highest BCUT2D eigenvalue weighted by Gasteiger charge is 2.28. The van der Waals surface area contributed by atoms with Crippen LogP contribution in [-0.4, -0.2) is 60.2 Å². The van der Waals surface area contributed by atoms with Crippen molar-refractivity contribution in [1.29, 1.82) is 0 Å². The van der Waals surface area contributed by atoms with Crippen LogP contribution in [0.3, 0.4) is 0 Å². The first-order valence-corrected chi connectivity index (χ1v) is 8.13. The first-order valence-electron chi connectivity index (χ1n) is 8.13. The van der Waals surface area contributed by atoms with Gasteiger partial charge in [0.05, 0.1) is 39.1 Å². The second kappa shape index (κ2) is 7.42. The summed E-state index contributed by atoms with van der Waals surface area (Å²) in [7, 11) is 4.59. The minimum absolute atomic E-state index is 0.0742. The van der Waals surface area contributed by atoms with Crippen LogP contribution in [0.2, 0.25) is 0 Å². The van der Waals surface area contributed by atoms with Crippen LogP contribution in [-0.2, 0) is 0 Å². The van der Waals surface area contributed by atoms with Crippen LogP contribution < -0.4 is 14.2 Å². The monoisotopic (exact) mass is 346 g/mol. The number of amides is 1. The number of ether oxygens (including phenoxy) is 3. The lowest BCUT2D eigenvalue weighted by molar-refractivity contribution is 0.0685. The lowest BCUT2D eigenvalue weighted by Gasteiger charge is -2.32. The van der Waals surface area contributed by atoms with E-state index in [4.69, 9.17) is 14.2 Å². The number of benzene rings is 1. The zero-order valence-electron chi connectivity index (χ0n) is 14.6. The Labute approximate surface area is 146 Å². The maximum absolute atomic E-state index is 13.0. The fourth-order valence-corrected chi connectivity index (χ4v) is 3.19. The van der Waals surface area contributed by atoms with Gasteiger partial charge < -0.3 is 19.1 Å². The van der Waals surface area contributed by atoms with Crippen molar-refractivity contribution in [2.24, 2.45) is 0 Å². The molecule has 1 saturated heterocycles. The van der Waals surface area contributed by atoms with Gasteiger partial charge in [0.1, 0.15) is 0 Å². The highest BCUT2D eigenvalue weighted by Crippen LogP contribution is 2.40. The SMILES string of the molecule is COc1ccc(C(=O)N2CCC(n3ccnn3)CC2)c(OC)c1OC. The van der Waals surface area contributed by atoms with E-state index < -0.39 is 0 Å². The number of likely N-dealkylation sites (tertiary alicyclic amines) is 1. The predicted molar refractivity (Wildman–Crippen MR) is 90.3 cm³/mol. The molecule has 2 heterocycles. The van der Waals surface area contributed by atoms with Crippen molar-refractivity contribution in [3.63, 3.8) is 0 Å². The van der Waals surface area contributed by atoms with Gasteiger partial charge in [-0.25, -0.2) is 4.68 Å². The molecule has 0 N–H and O–H groups in total. The van der Waals surface area contributed by atoms with Crippen LogP contribution in [0.1, 0.15) is 29.2 Å². The van der Waals surface area contributed by atoms with E-state index >= 15 is 0 Å². The van der Waals surface area contributed by atoms with Crippen LogP contribution in [0.4, 0.5) is 0 Å². The number of nitrogens with zero attached hydrogens (tertiary/aromatic N) is 4. The number of rotatable bonds is 5. The van der Waals surface area contributed by atoms with Crippen molar-refractivity contribution in [2.75, 3.05) is 34.4 Å². The molecule has 0 bridgehead atoms. The maximum Gasteiger partial charge on any atom is 0.257 e. The molecule has 8 heteroatoms. The van der Waals surface area contributed by atoms with Crippen molar-refractivity contribution in [3.05, 3.63) is 30.1 Å². The fraction of sp³-hybridized carbons (Fsp3) is 0.471. The van der Waals surface area contributed by atoms with Crippen LogP contribution >= 0.6 is 0 Å². The molecule has 134 valence electrons. The molecular weight excluding hydrogens is 324 g/mol. The molecule has 3 rings (SSSR count). The molecule has 1 aromatic carbocycles. The van der Waals surface area contributed by atoms with Crippen molar-refractivity contribution in [1.82, 2.24) is 19.9 Å². The molecule has 0 aliphatic carbocycles. The summed E-state index contributed by atoms with van der Waals surface area (Å²) in [4.78, 5) is 14.8. The third kappa shape index (κ3) is 3.24. The molecular formula is C17H22N4O4. The molecule has 1 aliphatic rings. The molecule has 2 aromatic rings. The molecule has 1 aliphatic heterocycles. The molecule has 0 unspecified atom stereocenters. The molecule has 1 aromatic heterocycles. The largest absolute Gasteiger partial charge is 0.493 e. The van der Waals surface area contributed by atoms with Crippen LogP contribution in [0.25, 0.3) is 0 Å². The lowest BCUT2D eigenvalue weighted by Crippen LogP contribution is -2.39. The predicted octanol–water partition coefficient (Wildman–Crippen LogP) is 1.78. The number of hydrogen-bond donors (Lipinski definition) is 0. The lowest BCUT2D eigenvalue weighted by atomic mass is 10.0. The Morgan fingerprint density at radius 2 is 1.80 bits per heavy atom. The van der Waals surface area contributed by atoms with E-state index in [1.807, 2.05) is 15.8 Å². The van der Waals surface area contributed by atoms with E-state index in [-0.39, 0.29) is 11.9 Å². The van der Waals surface area contributed by atoms with Gasteiger partial charge in [-0.15, -0.1) is 5.10 Å². The zero-order chi connectivity index (χ0) is 17.8. The Balaban J connectivity index is 1.78. The van der Waals surface area contributed by atoms with E-state index in [9.17, 15) is 4.79 Å². The van der Waals surface area contributed by atoms with Gasteiger partial charge in [0.25, 0.3) is 5.91 Å². The van der Waals surface area contributed by atoms with Gasteiger partial charge in [-0.05, 0) is 25.0 Å². The molecule has 0 spiro atoms. The minimum Gasteiger partial charge on any atom is -0.493 e. The summed E-state index contributed by atoms with van der Waals surface area (Å²) in [6.07, 6.45) is 5.21. The number of aromatic nitrogens is 3. The summed E-state index contributed by atoms with van der Waals surface area (Å²) in [5.74, 6) is 1.27. The number of hydrogen-bond acceptors (Lipinski definition) is 6. The summed E-state index contributed by atoms with van der Waals surface area (Å²) in [6, 6.07) is 3.71. The third-order valence-electron chi connectivity index (χ3n) is 4.50. The quantitative estimate of drug-likeness (QED) is 0.821. The maximum atomic E-state index is 13.0. The second-order valence-corrected chi connectivity index (χ2v) is 5.79. The summed E-state index contributed by atoms with van der Waals surface area (Å²) >= 11 is 0. The molecule has 0 radical (unpaired) electrons. The number of carbonyl (C=O) groups excluding carboxylic acids is 1. The minimum atomic E-state index is -0.0742. The van der Waals surface area contributed by atoms with Crippen LogP contribution in [0, 0.1) is 0 Å². The van der Waals surface area contributed by atoms with E-state index in [1.54, 1.807) is 25.4 Å².